The molecule has 2 aliphatic rings. The van der Waals surface area contributed by atoms with E-state index in [1.165, 1.54) is 6.07 Å². The molecule has 1 amide bonds. The van der Waals surface area contributed by atoms with Crippen LogP contribution in [0.2, 0.25) is 0 Å². The minimum atomic E-state index is -0.258. The van der Waals surface area contributed by atoms with Crippen molar-refractivity contribution in [2.75, 3.05) is 18.8 Å². The number of carbonyl (C=O) groups is 1. The fourth-order valence-electron chi connectivity index (χ4n) is 4.49. The third-order valence-corrected chi connectivity index (χ3v) is 7.29. The van der Waals surface area contributed by atoms with Crippen LogP contribution in [0.5, 0.6) is 0 Å². The zero-order valence-corrected chi connectivity index (χ0v) is 18.2. The number of fused-ring (bicyclic) bond motifs is 1. The molecule has 2 aromatic carbocycles. The fourth-order valence-corrected chi connectivity index (χ4v) is 5.42. The number of halogens is 1. The SMILES string of the molecule is O=C(C1=CCCS1)N(Cc1cc(-c2ccc3[nH]ccc3c2)ccc1F)C1CCNCC1. The van der Waals surface area contributed by atoms with Crippen molar-refractivity contribution in [1.29, 1.82) is 0 Å². The number of aromatic nitrogens is 1. The molecular formula is C25H26FN3OS. The van der Waals surface area contributed by atoms with E-state index in [4.69, 9.17) is 0 Å². The summed E-state index contributed by atoms with van der Waals surface area (Å²) in [4.78, 5) is 19.2. The van der Waals surface area contributed by atoms with Crippen LogP contribution in [-0.4, -0.2) is 40.7 Å². The van der Waals surface area contributed by atoms with Gasteiger partial charge in [-0.1, -0.05) is 18.2 Å². The molecule has 2 N–H and O–H groups in total. The van der Waals surface area contributed by atoms with Crippen molar-refractivity contribution in [3.63, 3.8) is 0 Å². The molecule has 0 spiro atoms. The maximum absolute atomic E-state index is 14.9. The van der Waals surface area contributed by atoms with Gasteiger partial charge >= 0.3 is 0 Å². The van der Waals surface area contributed by atoms with Crippen LogP contribution in [-0.2, 0) is 11.3 Å². The molecular weight excluding hydrogens is 409 g/mol. The van der Waals surface area contributed by atoms with Crippen molar-refractivity contribution in [3.8, 4) is 11.1 Å². The van der Waals surface area contributed by atoms with Crippen molar-refractivity contribution >= 4 is 28.6 Å². The van der Waals surface area contributed by atoms with Crippen LogP contribution in [0.4, 0.5) is 4.39 Å². The zero-order chi connectivity index (χ0) is 21.2. The summed E-state index contributed by atoms with van der Waals surface area (Å²) in [5.74, 6) is 0.742. The molecule has 4 nitrogen and oxygen atoms in total. The van der Waals surface area contributed by atoms with Crippen molar-refractivity contribution in [2.45, 2.75) is 31.8 Å². The first-order chi connectivity index (χ1) is 15.2. The normalized spacial score (nSPS) is 17.1. The minimum absolute atomic E-state index is 0.0490. The van der Waals surface area contributed by atoms with Crippen LogP contribution in [0.15, 0.2) is 59.6 Å². The molecule has 0 aliphatic carbocycles. The van der Waals surface area contributed by atoms with Gasteiger partial charge in [0.15, 0.2) is 0 Å². The van der Waals surface area contributed by atoms with E-state index in [0.717, 1.165) is 65.0 Å². The molecule has 5 rings (SSSR count). The van der Waals surface area contributed by atoms with Crippen LogP contribution in [0.25, 0.3) is 22.0 Å². The Labute approximate surface area is 185 Å². The summed E-state index contributed by atoms with van der Waals surface area (Å²) in [5.41, 5.74) is 3.66. The van der Waals surface area contributed by atoms with Crippen LogP contribution in [0.3, 0.4) is 0 Å². The third-order valence-electron chi connectivity index (χ3n) is 6.20. The van der Waals surface area contributed by atoms with Crippen molar-refractivity contribution < 1.29 is 9.18 Å². The Bertz CT molecular complexity index is 1130. The number of carbonyl (C=O) groups excluding carboxylic acids is 1. The number of hydrogen-bond acceptors (Lipinski definition) is 3. The molecule has 0 bridgehead atoms. The highest BCUT2D eigenvalue weighted by Crippen LogP contribution is 2.31. The first kappa shape index (κ1) is 20.3. The summed E-state index contributed by atoms with van der Waals surface area (Å²) in [6.45, 7) is 2.08. The predicted molar refractivity (Wildman–Crippen MR) is 125 cm³/mol. The number of benzene rings is 2. The molecule has 160 valence electrons. The summed E-state index contributed by atoms with van der Waals surface area (Å²) in [6, 6.07) is 13.6. The number of amides is 1. The summed E-state index contributed by atoms with van der Waals surface area (Å²) in [6.07, 6.45) is 6.67. The first-order valence-electron chi connectivity index (χ1n) is 10.9. The van der Waals surface area contributed by atoms with E-state index in [9.17, 15) is 9.18 Å². The molecule has 0 atom stereocenters. The Kier molecular flexibility index (Phi) is 5.83. The van der Waals surface area contributed by atoms with Gasteiger partial charge in [-0.3, -0.25) is 4.79 Å². The van der Waals surface area contributed by atoms with Gasteiger partial charge in [0.1, 0.15) is 5.82 Å². The highest BCUT2D eigenvalue weighted by Gasteiger charge is 2.29. The molecule has 31 heavy (non-hydrogen) atoms. The van der Waals surface area contributed by atoms with Gasteiger partial charge in [0.2, 0.25) is 0 Å². The van der Waals surface area contributed by atoms with Gasteiger partial charge in [-0.2, -0.15) is 0 Å². The number of H-pyrrole nitrogens is 1. The second-order valence-corrected chi connectivity index (χ2v) is 9.34. The van der Waals surface area contributed by atoms with E-state index in [1.807, 2.05) is 47.5 Å². The van der Waals surface area contributed by atoms with Crippen molar-refractivity contribution in [1.82, 2.24) is 15.2 Å². The summed E-state index contributed by atoms with van der Waals surface area (Å²) < 4.78 is 14.9. The second-order valence-electron chi connectivity index (χ2n) is 8.21. The van der Waals surface area contributed by atoms with Gasteiger partial charge in [-0.05, 0) is 79.2 Å². The molecule has 2 aliphatic heterocycles. The average molecular weight is 436 g/mol. The van der Waals surface area contributed by atoms with E-state index < -0.39 is 0 Å². The van der Waals surface area contributed by atoms with Crippen LogP contribution >= 0.6 is 11.8 Å². The number of nitrogens with one attached hydrogen (secondary N) is 2. The Morgan fingerprint density at radius 1 is 1.10 bits per heavy atom. The number of hydrogen-bond donors (Lipinski definition) is 2. The molecule has 0 unspecified atom stereocenters. The molecule has 1 aromatic heterocycles. The molecule has 1 fully saturated rings. The van der Waals surface area contributed by atoms with Crippen molar-refractivity contribution in [2.24, 2.45) is 0 Å². The number of piperidine rings is 1. The van der Waals surface area contributed by atoms with Crippen LogP contribution < -0.4 is 5.32 Å². The quantitative estimate of drug-likeness (QED) is 0.588. The van der Waals surface area contributed by atoms with Crippen molar-refractivity contribution in [3.05, 3.63) is 71.0 Å². The van der Waals surface area contributed by atoms with Gasteiger partial charge in [0.05, 0.1) is 4.91 Å². The molecule has 3 aromatic rings. The Balaban J connectivity index is 1.46. The fraction of sp³-hybridized carbons (Fsp3) is 0.320. The van der Waals surface area contributed by atoms with Gasteiger partial charge < -0.3 is 15.2 Å². The zero-order valence-electron chi connectivity index (χ0n) is 17.4. The van der Waals surface area contributed by atoms with Crippen LogP contribution in [0, 0.1) is 5.82 Å². The standard InChI is InChI=1S/C25H26FN3OS/c26-22-5-3-17(18-4-6-23-19(14-18)7-12-28-23)15-20(22)16-29(21-8-10-27-11-9-21)25(30)24-2-1-13-31-24/h2-7,12,14-15,21,27-28H,1,8-11,13,16H2. The highest BCUT2D eigenvalue weighted by atomic mass is 32.2. The first-order valence-corrected chi connectivity index (χ1v) is 11.9. The lowest BCUT2D eigenvalue weighted by Crippen LogP contribution is -2.46. The number of aromatic amines is 1. The van der Waals surface area contributed by atoms with Gasteiger partial charge in [0, 0.05) is 35.6 Å². The third kappa shape index (κ3) is 4.27. The topological polar surface area (TPSA) is 48.1 Å². The Morgan fingerprint density at radius 3 is 2.71 bits per heavy atom. The average Bonchev–Trinajstić information content (AvgIpc) is 3.50. The maximum atomic E-state index is 14.9. The summed E-state index contributed by atoms with van der Waals surface area (Å²) >= 11 is 1.62. The lowest BCUT2D eigenvalue weighted by molar-refractivity contribution is -0.129. The van der Waals surface area contributed by atoms with E-state index in [1.54, 1.807) is 11.8 Å². The molecule has 1 saturated heterocycles. The number of rotatable bonds is 5. The van der Waals surface area contributed by atoms with E-state index in [2.05, 4.69) is 16.4 Å². The Morgan fingerprint density at radius 2 is 1.90 bits per heavy atom. The smallest absolute Gasteiger partial charge is 0.260 e. The van der Waals surface area contributed by atoms with Gasteiger partial charge in [-0.15, -0.1) is 11.8 Å². The number of thioether (sulfide) groups is 1. The van der Waals surface area contributed by atoms with E-state index in [0.29, 0.717) is 12.1 Å². The lowest BCUT2D eigenvalue weighted by Gasteiger charge is -2.35. The van der Waals surface area contributed by atoms with Crippen LogP contribution in [0.1, 0.15) is 24.8 Å². The summed E-state index contributed by atoms with van der Waals surface area (Å²) in [5, 5.41) is 4.49. The number of allylic oxidation sites excluding steroid dienone is 1. The molecule has 0 radical (unpaired) electrons. The second kappa shape index (κ2) is 8.89. The maximum Gasteiger partial charge on any atom is 0.260 e. The van der Waals surface area contributed by atoms with Gasteiger partial charge in [0.25, 0.3) is 5.91 Å². The minimum Gasteiger partial charge on any atom is -0.361 e. The highest BCUT2D eigenvalue weighted by molar-refractivity contribution is 8.04. The Hall–Kier alpha value is -2.57. The summed E-state index contributed by atoms with van der Waals surface area (Å²) in [7, 11) is 0. The number of nitrogens with zero attached hydrogens (tertiary/aromatic N) is 1. The predicted octanol–water partition coefficient (Wildman–Crippen LogP) is 5.08. The van der Waals surface area contributed by atoms with E-state index in [-0.39, 0.29) is 17.8 Å². The van der Waals surface area contributed by atoms with E-state index >= 15 is 0 Å². The van der Waals surface area contributed by atoms with Gasteiger partial charge in [-0.25, -0.2) is 4.39 Å². The molecule has 3 heterocycles. The molecule has 0 saturated carbocycles. The lowest BCUT2D eigenvalue weighted by atomic mass is 9.99. The largest absolute Gasteiger partial charge is 0.361 e. The monoisotopic (exact) mass is 435 g/mol. The molecule has 6 heteroatoms.